The number of carbonyl (C=O) groups excluding carboxylic acids is 1. The topological polar surface area (TPSA) is 62.1 Å². The Morgan fingerprint density at radius 1 is 1.33 bits per heavy atom. The van der Waals surface area contributed by atoms with Crippen LogP contribution in [0.15, 0.2) is 22.7 Å². The predicted octanol–water partition coefficient (Wildman–Crippen LogP) is 3.80. The van der Waals surface area contributed by atoms with Crippen LogP contribution in [0.3, 0.4) is 0 Å². The number of rotatable bonds is 3. The number of ether oxygens (including phenoxy) is 1. The maximum Gasteiger partial charge on any atom is 0.256 e. The monoisotopic (exact) mass is 350 g/mol. The first-order valence-corrected chi connectivity index (χ1v) is 7.97. The Bertz CT molecular complexity index is 558. The molecule has 0 radical (unpaired) electrons. The van der Waals surface area contributed by atoms with Crippen LogP contribution < -0.4 is 10.1 Å². The van der Waals surface area contributed by atoms with Gasteiger partial charge in [0.15, 0.2) is 0 Å². The van der Waals surface area contributed by atoms with Crippen molar-refractivity contribution in [2.75, 3.05) is 7.11 Å². The first kappa shape index (κ1) is 15.8. The quantitative estimate of drug-likeness (QED) is 0.843. The lowest BCUT2D eigenvalue weighted by Gasteiger charge is -2.26. The Hall–Kier alpha value is -1.54. The van der Waals surface area contributed by atoms with E-state index in [4.69, 9.17) is 4.74 Å². The maximum atomic E-state index is 12.5. The fourth-order valence-corrected chi connectivity index (χ4v) is 3.07. The number of nitrogens with zero attached hydrogens (tertiary/aromatic N) is 1. The normalized spacial score (nSPS) is 17.4. The smallest absolute Gasteiger partial charge is 0.256 e. The molecule has 21 heavy (non-hydrogen) atoms. The standard InChI is InChI=1S/C16H19BrN2O2/c1-21-14-10-12(17)6-7-13(14)15(20)19-16(11-18)8-4-2-3-5-9-16/h6-7,10H,2-5,8-9H2,1H3,(H,19,20). The van der Waals surface area contributed by atoms with Crippen molar-refractivity contribution in [1.29, 1.82) is 5.26 Å². The molecular weight excluding hydrogens is 332 g/mol. The molecule has 0 atom stereocenters. The van der Waals surface area contributed by atoms with Gasteiger partial charge < -0.3 is 10.1 Å². The van der Waals surface area contributed by atoms with E-state index in [2.05, 4.69) is 27.3 Å². The van der Waals surface area contributed by atoms with E-state index in [1.165, 1.54) is 7.11 Å². The van der Waals surface area contributed by atoms with E-state index in [9.17, 15) is 10.1 Å². The first-order valence-electron chi connectivity index (χ1n) is 7.17. The van der Waals surface area contributed by atoms with E-state index < -0.39 is 5.54 Å². The van der Waals surface area contributed by atoms with E-state index in [1.54, 1.807) is 18.2 Å². The van der Waals surface area contributed by atoms with Crippen molar-refractivity contribution in [1.82, 2.24) is 5.32 Å². The van der Waals surface area contributed by atoms with E-state index in [1.807, 2.05) is 0 Å². The number of nitrogens with one attached hydrogen (secondary N) is 1. The maximum absolute atomic E-state index is 12.5. The SMILES string of the molecule is COc1cc(Br)ccc1C(=O)NC1(C#N)CCCCCC1. The molecule has 2 rings (SSSR count). The van der Waals surface area contributed by atoms with Gasteiger partial charge in [0, 0.05) is 4.47 Å². The summed E-state index contributed by atoms with van der Waals surface area (Å²) in [5.41, 5.74) is -0.286. The predicted molar refractivity (Wildman–Crippen MR) is 84.2 cm³/mol. The minimum absolute atomic E-state index is 0.247. The van der Waals surface area contributed by atoms with Crippen molar-refractivity contribution in [3.8, 4) is 11.8 Å². The van der Waals surface area contributed by atoms with Crippen LogP contribution in [0.2, 0.25) is 0 Å². The van der Waals surface area contributed by atoms with Crippen molar-refractivity contribution in [3.05, 3.63) is 28.2 Å². The van der Waals surface area contributed by atoms with Crippen LogP contribution in [-0.4, -0.2) is 18.6 Å². The Labute approximate surface area is 133 Å². The van der Waals surface area contributed by atoms with Crippen LogP contribution in [0.5, 0.6) is 5.75 Å². The summed E-state index contributed by atoms with van der Waals surface area (Å²) in [6.45, 7) is 0. The highest BCUT2D eigenvalue weighted by Crippen LogP contribution is 2.29. The number of nitriles is 1. The molecule has 1 aromatic carbocycles. The van der Waals surface area contributed by atoms with Crippen LogP contribution in [0.25, 0.3) is 0 Å². The average molecular weight is 351 g/mol. The fourth-order valence-electron chi connectivity index (χ4n) is 2.73. The van der Waals surface area contributed by atoms with Gasteiger partial charge in [0.25, 0.3) is 5.91 Å². The van der Waals surface area contributed by atoms with Gasteiger partial charge in [-0.05, 0) is 31.0 Å². The zero-order valence-corrected chi connectivity index (χ0v) is 13.7. The van der Waals surface area contributed by atoms with Crippen LogP contribution in [0.1, 0.15) is 48.9 Å². The van der Waals surface area contributed by atoms with E-state index >= 15 is 0 Å². The number of methoxy groups -OCH3 is 1. The largest absolute Gasteiger partial charge is 0.496 e. The zero-order chi connectivity index (χ0) is 15.3. The molecule has 1 aliphatic carbocycles. The Morgan fingerprint density at radius 2 is 2.00 bits per heavy atom. The van der Waals surface area contributed by atoms with Crippen molar-refractivity contribution >= 4 is 21.8 Å². The summed E-state index contributed by atoms with van der Waals surface area (Å²) in [5, 5.41) is 12.5. The molecule has 0 heterocycles. The van der Waals surface area contributed by atoms with E-state index in [0.717, 1.165) is 30.2 Å². The lowest BCUT2D eigenvalue weighted by Crippen LogP contribution is -2.47. The molecule has 0 aliphatic heterocycles. The van der Waals surface area contributed by atoms with E-state index in [-0.39, 0.29) is 5.91 Å². The molecule has 112 valence electrons. The summed E-state index contributed by atoms with van der Waals surface area (Å²) in [7, 11) is 1.53. The summed E-state index contributed by atoms with van der Waals surface area (Å²) < 4.78 is 6.10. The summed E-state index contributed by atoms with van der Waals surface area (Å²) in [6.07, 6.45) is 5.64. The van der Waals surface area contributed by atoms with Crippen LogP contribution in [-0.2, 0) is 0 Å². The molecular formula is C16H19BrN2O2. The Kier molecular flexibility index (Phi) is 5.24. The third-order valence-electron chi connectivity index (χ3n) is 3.93. The number of carbonyl (C=O) groups is 1. The molecule has 4 nitrogen and oxygen atoms in total. The van der Waals surface area contributed by atoms with Crippen LogP contribution in [0, 0.1) is 11.3 Å². The molecule has 1 fully saturated rings. The van der Waals surface area contributed by atoms with Gasteiger partial charge in [0.2, 0.25) is 0 Å². The molecule has 1 N–H and O–H groups in total. The van der Waals surface area contributed by atoms with Gasteiger partial charge in [-0.3, -0.25) is 4.79 Å². The minimum atomic E-state index is -0.744. The van der Waals surface area contributed by atoms with E-state index in [0.29, 0.717) is 24.2 Å². The summed E-state index contributed by atoms with van der Waals surface area (Å²) in [5.74, 6) is 0.256. The molecule has 0 aromatic heterocycles. The molecule has 1 aromatic rings. The highest BCUT2D eigenvalue weighted by molar-refractivity contribution is 9.10. The van der Waals surface area contributed by atoms with Crippen molar-refractivity contribution in [3.63, 3.8) is 0 Å². The number of benzene rings is 1. The zero-order valence-electron chi connectivity index (χ0n) is 12.1. The van der Waals surface area contributed by atoms with Crippen LogP contribution >= 0.6 is 15.9 Å². The highest BCUT2D eigenvalue weighted by Gasteiger charge is 2.33. The van der Waals surface area contributed by atoms with Gasteiger partial charge >= 0.3 is 0 Å². The lowest BCUT2D eigenvalue weighted by molar-refractivity contribution is 0.0910. The molecule has 0 unspecified atom stereocenters. The van der Waals surface area contributed by atoms with Gasteiger partial charge in [0.1, 0.15) is 11.3 Å². The second-order valence-corrected chi connectivity index (χ2v) is 6.32. The third-order valence-corrected chi connectivity index (χ3v) is 4.43. The molecule has 0 spiro atoms. The molecule has 1 saturated carbocycles. The van der Waals surface area contributed by atoms with Gasteiger partial charge in [-0.1, -0.05) is 41.6 Å². The Balaban J connectivity index is 2.22. The summed E-state index contributed by atoms with van der Waals surface area (Å²) in [4.78, 5) is 12.5. The average Bonchev–Trinajstić information content (AvgIpc) is 2.73. The molecule has 0 bridgehead atoms. The van der Waals surface area contributed by atoms with Gasteiger partial charge in [-0.15, -0.1) is 0 Å². The van der Waals surface area contributed by atoms with Crippen LogP contribution in [0.4, 0.5) is 0 Å². The highest BCUT2D eigenvalue weighted by atomic mass is 79.9. The first-order chi connectivity index (χ1) is 10.1. The lowest BCUT2D eigenvalue weighted by atomic mass is 9.91. The summed E-state index contributed by atoms with van der Waals surface area (Å²) in [6, 6.07) is 7.58. The van der Waals surface area contributed by atoms with Crippen molar-refractivity contribution in [2.45, 2.75) is 44.1 Å². The molecule has 5 heteroatoms. The molecule has 1 aliphatic rings. The second kappa shape index (κ2) is 6.95. The fraction of sp³-hybridized carbons (Fsp3) is 0.500. The number of hydrogen-bond donors (Lipinski definition) is 1. The number of halogens is 1. The Morgan fingerprint density at radius 3 is 2.57 bits per heavy atom. The number of amides is 1. The van der Waals surface area contributed by atoms with Crippen molar-refractivity contribution in [2.24, 2.45) is 0 Å². The second-order valence-electron chi connectivity index (χ2n) is 5.41. The molecule has 1 amide bonds. The number of hydrogen-bond acceptors (Lipinski definition) is 3. The summed E-state index contributed by atoms with van der Waals surface area (Å²) >= 11 is 3.36. The van der Waals surface area contributed by atoms with Crippen molar-refractivity contribution < 1.29 is 9.53 Å². The van der Waals surface area contributed by atoms with Gasteiger partial charge in [-0.25, -0.2) is 0 Å². The van der Waals surface area contributed by atoms with Gasteiger partial charge in [0.05, 0.1) is 18.7 Å². The third kappa shape index (κ3) is 3.76. The van der Waals surface area contributed by atoms with Gasteiger partial charge in [-0.2, -0.15) is 5.26 Å². The minimum Gasteiger partial charge on any atom is -0.496 e. The molecule has 0 saturated heterocycles.